The number of para-hydroxylation sites is 2. The molecule has 0 atom stereocenters. The van der Waals surface area contributed by atoms with E-state index in [-0.39, 0.29) is 11.4 Å². The molecule has 0 N–H and O–H groups in total. The summed E-state index contributed by atoms with van der Waals surface area (Å²) in [5.74, 6) is 1.12. The summed E-state index contributed by atoms with van der Waals surface area (Å²) in [5, 5.41) is 0.445. The van der Waals surface area contributed by atoms with Crippen LogP contribution in [-0.4, -0.2) is 15.5 Å². The second-order valence-corrected chi connectivity index (χ2v) is 8.79. The van der Waals surface area contributed by atoms with Crippen LogP contribution in [0.25, 0.3) is 33.4 Å². The number of aryl methyl sites for hydroxylation is 3. The molecule has 0 aliphatic heterocycles. The van der Waals surface area contributed by atoms with Crippen molar-refractivity contribution < 1.29 is 13.9 Å². The first-order chi connectivity index (χ1) is 14.6. The summed E-state index contributed by atoms with van der Waals surface area (Å²) in [6, 6.07) is 11.2. The highest BCUT2D eigenvalue weighted by atomic mass is 16.5. The van der Waals surface area contributed by atoms with Gasteiger partial charge < -0.3 is 13.7 Å². The molecule has 0 saturated carbocycles. The molecule has 0 bridgehead atoms. The van der Waals surface area contributed by atoms with Crippen molar-refractivity contribution in [1.82, 2.24) is 9.55 Å². The van der Waals surface area contributed by atoms with Crippen LogP contribution in [0.4, 0.5) is 0 Å². The molecule has 4 rings (SSSR count). The van der Waals surface area contributed by atoms with Crippen LogP contribution in [0.2, 0.25) is 0 Å². The summed E-state index contributed by atoms with van der Waals surface area (Å²) < 4.78 is 13.6. The zero-order valence-electron chi connectivity index (χ0n) is 18.7. The molecule has 0 radical (unpaired) electrons. The Morgan fingerprint density at radius 3 is 2.55 bits per heavy atom. The summed E-state index contributed by atoms with van der Waals surface area (Å²) >= 11 is 0. The lowest BCUT2D eigenvalue weighted by Gasteiger charge is -2.18. The second kappa shape index (κ2) is 7.38. The minimum Gasteiger partial charge on any atom is -0.460 e. The van der Waals surface area contributed by atoms with Crippen molar-refractivity contribution in [3.63, 3.8) is 0 Å². The van der Waals surface area contributed by atoms with Crippen LogP contribution in [0, 0.1) is 12.3 Å². The van der Waals surface area contributed by atoms with Gasteiger partial charge in [-0.15, -0.1) is 0 Å². The van der Waals surface area contributed by atoms with E-state index in [0.717, 1.165) is 16.6 Å². The number of fused-ring (bicyclic) bond motifs is 2. The fourth-order valence-corrected chi connectivity index (χ4v) is 3.63. The number of esters is 1. The average Bonchev–Trinajstić information content (AvgIpc) is 3.03. The lowest BCUT2D eigenvalue weighted by molar-refractivity contribution is -0.143. The lowest BCUT2D eigenvalue weighted by Crippen LogP contribution is -2.26. The van der Waals surface area contributed by atoms with Crippen molar-refractivity contribution >= 4 is 28.0 Å². The van der Waals surface area contributed by atoms with Crippen molar-refractivity contribution in [2.24, 2.45) is 12.5 Å². The summed E-state index contributed by atoms with van der Waals surface area (Å²) in [6.07, 6.45) is 0.609. The number of carbonyl (C=O) groups is 1. The predicted octanol–water partition coefficient (Wildman–Crippen LogP) is 5.17. The first kappa shape index (κ1) is 20.8. The molecule has 160 valence electrons. The Hall–Kier alpha value is -3.41. The van der Waals surface area contributed by atoms with E-state index in [2.05, 4.69) is 4.98 Å². The maximum atomic E-state index is 13.5. The van der Waals surface area contributed by atoms with Crippen molar-refractivity contribution in [1.29, 1.82) is 0 Å². The smallest absolute Gasteiger partial charge is 0.316 e. The molecule has 2 heterocycles. The third-order valence-corrected chi connectivity index (χ3v) is 5.46. The van der Waals surface area contributed by atoms with Crippen molar-refractivity contribution in [3.05, 3.63) is 57.9 Å². The number of nitrogens with zero attached hydrogens (tertiary/aromatic N) is 2. The van der Waals surface area contributed by atoms with Gasteiger partial charge in [-0.3, -0.25) is 9.59 Å². The van der Waals surface area contributed by atoms with E-state index in [0.29, 0.717) is 40.3 Å². The van der Waals surface area contributed by atoms with Crippen LogP contribution in [0.5, 0.6) is 5.75 Å². The molecule has 0 aliphatic carbocycles. The molecule has 0 aliphatic rings. The van der Waals surface area contributed by atoms with Crippen LogP contribution in [0.15, 0.2) is 45.6 Å². The van der Waals surface area contributed by atoms with E-state index < -0.39 is 5.41 Å². The van der Waals surface area contributed by atoms with Crippen LogP contribution >= 0.6 is 0 Å². The zero-order chi connectivity index (χ0) is 22.5. The number of carbonyl (C=O) groups excluding carboxylic acids is 1. The Balaban J connectivity index is 1.92. The first-order valence-electron chi connectivity index (χ1n) is 10.4. The van der Waals surface area contributed by atoms with Gasteiger partial charge in [-0.1, -0.05) is 19.1 Å². The van der Waals surface area contributed by atoms with E-state index in [9.17, 15) is 9.59 Å². The number of aromatic nitrogens is 2. The van der Waals surface area contributed by atoms with Crippen LogP contribution in [-0.2, 0) is 18.3 Å². The molecule has 0 fully saturated rings. The van der Waals surface area contributed by atoms with Gasteiger partial charge in [0, 0.05) is 13.1 Å². The van der Waals surface area contributed by atoms with E-state index in [1.165, 1.54) is 0 Å². The van der Waals surface area contributed by atoms with Gasteiger partial charge in [-0.25, -0.2) is 4.98 Å². The molecule has 0 saturated heterocycles. The standard InChI is InChI=1S/C25H26N2O4/c1-7-15-12-16-20(13-19(15)31-24(29)25(3,4)5)30-14(2)21(22(16)28)23-26-17-10-8-9-11-18(17)27(23)6/h8-13H,7H2,1-6H3. The fourth-order valence-electron chi connectivity index (χ4n) is 3.63. The number of hydrogen-bond acceptors (Lipinski definition) is 5. The van der Waals surface area contributed by atoms with Crippen molar-refractivity contribution in [2.75, 3.05) is 0 Å². The minimum atomic E-state index is -0.638. The van der Waals surface area contributed by atoms with Crippen LogP contribution < -0.4 is 10.2 Å². The number of rotatable bonds is 3. The highest BCUT2D eigenvalue weighted by Crippen LogP contribution is 2.31. The molecule has 0 unspecified atom stereocenters. The molecular weight excluding hydrogens is 392 g/mol. The Morgan fingerprint density at radius 2 is 1.90 bits per heavy atom. The van der Waals surface area contributed by atoms with E-state index in [1.807, 2.05) is 42.8 Å². The Labute approximate surface area is 180 Å². The Kier molecular flexibility index (Phi) is 4.96. The third kappa shape index (κ3) is 3.52. The van der Waals surface area contributed by atoms with Gasteiger partial charge in [0.25, 0.3) is 0 Å². The zero-order valence-corrected chi connectivity index (χ0v) is 18.7. The molecular formula is C25H26N2O4. The van der Waals surface area contributed by atoms with E-state index >= 15 is 0 Å². The first-order valence-corrected chi connectivity index (χ1v) is 10.4. The van der Waals surface area contributed by atoms with Gasteiger partial charge in [-0.05, 0) is 57.9 Å². The molecule has 31 heavy (non-hydrogen) atoms. The SMILES string of the molecule is CCc1cc2c(=O)c(-c3nc4ccccc4n3C)c(C)oc2cc1OC(=O)C(C)(C)C. The van der Waals surface area contributed by atoms with Crippen LogP contribution in [0.3, 0.4) is 0 Å². The quantitative estimate of drug-likeness (QED) is 0.339. The van der Waals surface area contributed by atoms with Crippen LogP contribution in [0.1, 0.15) is 39.0 Å². The monoisotopic (exact) mass is 418 g/mol. The van der Waals surface area contributed by atoms with Gasteiger partial charge in [0.1, 0.15) is 28.5 Å². The number of imidazole rings is 1. The van der Waals surface area contributed by atoms with Gasteiger partial charge in [0.2, 0.25) is 5.43 Å². The Morgan fingerprint density at radius 1 is 1.19 bits per heavy atom. The summed E-state index contributed by atoms with van der Waals surface area (Å²) in [6.45, 7) is 9.11. The maximum Gasteiger partial charge on any atom is 0.316 e. The molecule has 0 spiro atoms. The molecule has 2 aromatic heterocycles. The molecule has 6 heteroatoms. The lowest BCUT2D eigenvalue weighted by atomic mass is 9.97. The fraction of sp³-hybridized carbons (Fsp3) is 0.320. The maximum absolute atomic E-state index is 13.5. The number of hydrogen-bond donors (Lipinski definition) is 0. The third-order valence-electron chi connectivity index (χ3n) is 5.46. The summed E-state index contributed by atoms with van der Waals surface area (Å²) in [7, 11) is 1.89. The van der Waals surface area contributed by atoms with Gasteiger partial charge in [0.15, 0.2) is 0 Å². The van der Waals surface area contributed by atoms with Crippen molar-refractivity contribution in [3.8, 4) is 17.1 Å². The Bertz CT molecular complexity index is 1390. The van der Waals surface area contributed by atoms with E-state index in [1.54, 1.807) is 39.8 Å². The number of benzene rings is 2. The number of ether oxygens (including phenoxy) is 1. The van der Waals surface area contributed by atoms with Gasteiger partial charge in [-0.2, -0.15) is 0 Å². The molecule has 6 nitrogen and oxygen atoms in total. The second-order valence-electron chi connectivity index (χ2n) is 8.79. The topological polar surface area (TPSA) is 74.3 Å². The average molecular weight is 418 g/mol. The normalized spacial score (nSPS) is 11.9. The highest BCUT2D eigenvalue weighted by molar-refractivity contribution is 5.87. The minimum absolute atomic E-state index is 0.152. The molecule has 4 aromatic rings. The molecule has 2 aromatic carbocycles. The van der Waals surface area contributed by atoms with Gasteiger partial charge >= 0.3 is 5.97 Å². The van der Waals surface area contributed by atoms with Crippen molar-refractivity contribution in [2.45, 2.75) is 41.0 Å². The summed E-state index contributed by atoms with van der Waals surface area (Å²) in [5.41, 5.74) is 2.57. The highest BCUT2D eigenvalue weighted by Gasteiger charge is 2.26. The van der Waals surface area contributed by atoms with E-state index in [4.69, 9.17) is 9.15 Å². The van der Waals surface area contributed by atoms with Gasteiger partial charge in [0.05, 0.1) is 21.8 Å². The molecule has 0 amide bonds. The largest absolute Gasteiger partial charge is 0.460 e. The predicted molar refractivity (Wildman–Crippen MR) is 121 cm³/mol. The summed E-state index contributed by atoms with van der Waals surface area (Å²) in [4.78, 5) is 30.6.